The third kappa shape index (κ3) is 14.8. The van der Waals surface area contributed by atoms with Gasteiger partial charge in [-0.1, -0.05) is 50.3 Å². The van der Waals surface area contributed by atoms with Crippen LogP contribution in [0, 0.1) is 17.8 Å². The van der Waals surface area contributed by atoms with Crippen LogP contribution in [0.4, 0.5) is 4.39 Å². The van der Waals surface area contributed by atoms with Crippen molar-refractivity contribution in [2.45, 2.75) is 211 Å². The zero-order chi connectivity index (χ0) is 55.2. The Morgan fingerprint density at radius 3 is 2.29 bits per heavy atom. The largest absolute Gasteiger partial charge is 0.459 e. The average Bonchev–Trinajstić information content (AvgIpc) is 3.86. The van der Waals surface area contributed by atoms with Crippen molar-refractivity contribution in [2.24, 2.45) is 17.8 Å². The summed E-state index contributed by atoms with van der Waals surface area (Å²) in [6.07, 6.45) is -0.0504. The predicted molar refractivity (Wildman–Crippen MR) is 280 cm³/mol. The van der Waals surface area contributed by atoms with Crippen LogP contribution in [-0.2, 0) is 52.7 Å². The maximum atomic E-state index is 14.6. The zero-order valence-corrected chi connectivity index (χ0v) is 46.7. The lowest BCUT2D eigenvalue weighted by molar-refractivity contribution is -0.308. The maximum absolute atomic E-state index is 14.6. The summed E-state index contributed by atoms with van der Waals surface area (Å²) in [5, 5.41) is 65.8. The first-order valence-corrected chi connectivity index (χ1v) is 27.0. The number of halogens is 1. The van der Waals surface area contributed by atoms with Crippen LogP contribution in [0.2, 0.25) is 0 Å². The van der Waals surface area contributed by atoms with E-state index < -0.39 is 103 Å². The van der Waals surface area contributed by atoms with Gasteiger partial charge in [0.25, 0.3) is 0 Å². The molecule has 5 N–H and O–H groups in total. The summed E-state index contributed by atoms with van der Waals surface area (Å²) >= 11 is 0. The summed E-state index contributed by atoms with van der Waals surface area (Å²) in [6.45, 7) is 18.3. The topological polar surface area (TPSA) is 224 Å². The number of aromatic nitrogens is 4. The van der Waals surface area contributed by atoms with Gasteiger partial charge in [0, 0.05) is 81.6 Å². The van der Waals surface area contributed by atoms with Gasteiger partial charge in [-0.25, -0.2) is 9.07 Å². The first-order valence-electron chi connectivity index (χ1n) is 27.0. The Balaban J connectivity index is 1.21. The summed E-state index contributed by atoms with van der Waals surface area (Å²) in [7, 11) is 5.42. The number of aliphatic hydroxyl groups is 5. The number of hydrogen-bond acceptors (Lipinski definition) is 17. The minimum atomic E-state index is -1.82. The van der Waals surface area contributed by atoms with Gasteiger partial charge in [-0.2, -0.15) is 0 Å². The molecule has 1 aromatic carbocycles. The molecule has 0 amide bonds. The molecule has 0 bridgehead atoms. The number of likely N-dealkylation sites (N-methyl/N-ethyl adjacent to an activating group) is 2. The smallest absolute Gasteiger partial charge is 0.311 e. The fourth-order valence-corrected chi connectivity index (χ4v) is 11.8. The highest BCUT2D eigenvalue weighted by molar-refractivity contribution is 5.73. The lowest BCUT2D eigenvalue weighted by atomic mass is 9.77. The van der Waals surface area contributed by atoms with E-state index in [2.05, 4.69) is 20.2 Å². The van der Waals surface area contributed by atoms with E-state index in [0.717, 1.165) is 27.9 Å². The third-order valence-corrected chi connectivity index (χ3v) is 16.6. The molecule has 0 spiro atoms. The summed E-state index contributed by atoms with van der Waals surface area (Å²) < 4.78 is 54.9. The molecule has 19 heteroatoms. The lowest BCUT2D eigenvalue weighted by Crippen LogP contribution is -2.59. The molecule has 3 aliphatic heterocycles. The van der Waals surface area contributed by atoms with Crippen LogP contribution in [0.3, 0.4) is 0 Å². The number of carbonyl (C=O) groups is 1. The lowest BCUT2D eigenvalue weighted by Gasteiger charge is -2.48. The van der Waals surface area contributed by atoms with Gasteiger partial charge in [0.05, 0.1) is 59.9 Å². The number of esters is 1. The minimum absolute atomic E-state index is 0.00440. The van der Waals surface area contributed by atoms with Crippen molar-refractivity contribution < 1.29 is 63.1 Å². The van der Waals surface area contributed by atoms with E-state index in [1.54, 1.807) is 51.7 Å². The summed E-state index contributed by atoms with van der Waals surface area (Å²) in [4.78, 5) is 22.9. The SMILES string of the molecule is CC[C@H]1OC(=O)[C@H](C)[C@@H](O[C@H]2C[C@@](C)(OC)[C@@H](O)[C@H](C)O2)[C@H](C)[C@@H](O[C@H]2C[C@@H](N(C)CCc3cn([C@H](CF)Cc4ccc(-c5cncc(CO)c5)cc4)nn3)C[C@@H](C)O2)[C@](C)(O)C[C@@H](C)CN(C)[C@H](C)[C@@H](O)[C@]1(C)O. The van der Waals surface area contributed by atoms with Crippen molar-refractivity contribution in [2.75, 3.05) is 41.0 Å². The molecule has 0 unspecified atom stereocenters. The Morgan fingerprint density at radius 1 is 0.933 bits per heavy atom. The molecule has 0 aliphatic carbocycles. The Morgan fingerprint density at radius 2 is 1.64 bits per heavy atom. The van der Waals surface area contributed by atoms with Crippen molar-refractivity contribution in [1.82, 2.24) is 29.8 Å². The van der Waals surface area contributed by atoms with E-state index in [9.17, 15) is 34.7 Å². The van der Waals surface area contributed by atoms with Gasteiger partial charge in [0.15, 0.2) is 12.6 Å². The Kier molecular flexibility index (Phi) is 21.0. The quantitative estimate of drug-likeness (QED) is 0.113. The highest BCUT2D eigenvalue weighted by Crippen LogP contribution is 2.40. The van der Waals surface area contributed by atoms with Crippen molar-refractivity contribution in [1.29, 1.82) is 0 Å². The molecule has 422 valence electrons. The number of benzene rings is 1. The molecule has 18 nitrogen and oxygen atoms in total. The number of cyclic esters (lactones) is 1. The summed E-state index contributed by atoms with van der Waals surface area (Å²) in [5.74, 6) is -2.56. The molecule has 2 aromatic heterocycles. The number of nitrogens with zero attached hydrogens (tertiary/aromatic N) is 6. The molecule has 3 aromatic rings. The average molecular weight is 1060 g/mol. The molecule has 0 radical (unpaired) electrons. The molecule has 0 saturated carbocycles. The Hall–Kier alpha value is -3.57. The van der Waals surface area contributed by atoms with Gasteiger partial charge in [-0.3, -0.25) is 9.78 Å². The van der Waals surface area contributed by atoms with Crippen LogP contribution in [0.1, 0.15) is 124 Å². The molecule has 3 fully saturated rings. The fourth-order valence-electron chi connectivity index (χ4n) is 11.8. The number of carbonyl (C=O) groups excluding carboxylic acids is 1. The monoisotopic (exact) mass is 1060 g/mol. The maximum Gasteiger partial charge on any atom is 0.311 e. The molecule has 6 rings (SSSR count). The van der Waals surface area contributed by atoms with Crippen molar-refractivity contribution in [3.8, 4) is 11.1 Å². The highest BCUT2D eigenvalue weighted by Gasteiger charge is 2.52. The van der Waals surface area contributed by atoms with Crippen LogP contribution in [0.5, 0.6) is 0 Å². The van der Waals surface area contributed by atoms with E-state index in [-0.39, 0.29) is 43.9 Å². The van der Waals surface area contributed by atoms with E-state index in [4.69, 9.17) is 28.4 Å². The first-order chi connectivity index (χ1) is 35.3. The van der Waals surface area contributed by atoms with E-state index in [1.807, 2.05) is 83.2 Å². The number of pyridine rings is 1. The predicted octanol–water partition coefficient (Wildman–Crippen LogP) is 5.44. The van der Waals surface area contributed by atoms with E-state index in [1.165, 1.54) is 14.0 Å². The molecule has 5 heterocycles. The third-order valence-electron chi connectivity index (χ3n) is 16.6. The van der Waals surface area contributed by atoms with Crippen molar-refractivity contribution in [3.63, 3.8) is 0 Å². The van der Waals surface area contributed by atoms with Crippen LogP contribution < -0.4 is 0 Å². The Bertz CT molecular complexity index is 2260. The summed E-state index contributed by atoms with van der Waals surface area (Å²) in [6, 6.07) is 8.67. The molecular weight excluding hydrogens is 968 g/mol. The van der Waals surface area contributed by atoms with E-state index >= 15 is 0 Å². The standard InChI is InChI=1S/C56H89FN6O12/c1-14-46-56(10,69)50(65)37(6)62(12)30-33(2)25-54(8,68)52(35(4)49(36(5)53(67)73-46)74-48-26-55(9,70-13)51(66)38(7)72-48)75-47-24-44(21-34(3)71-47)61(11)20-19-43-31-63(60-59-43)45(27-57)23-39-15-17-41(18-16-39)42-22-40(32-64)28-58-29-42/h15-18,22,28-29,31,33-38,44-52,64-66,68-69H,14,19-21,23-27,30,32H2,1-13H3/t33-,34-,35+,36-,37-,38+,44+,45+,46-,47+,48+,49+,50-,51+,52-,54-,55-,56-/m1/s1. The molecule has 3 aliphatic rings. The van der Waals surface area contributed by atoms with Gasteiger partial charge < -0.3 is 63.8 Å². The van der Waals surface area contributed by atoms with Gasteiger partial charge in [-0.15, -0.1) is 5.10 Å². The van der Waals surface area contributed by atoms with Gasteiger partial charge in [-0.05, 0) is 117 Å². The van der Waals surface area contributed by atoms with Crippen LogP contribution in [0.25, 0.3) is 11.1 Å². The Labute approximate surface area is 444 Å². The van der Waals surface area contributed by atoms with Crippen molar-refractivity contribution >= 4 is 5.97 Å². The van der Waals surface area contributed by atoms with Gasteiger partial charge in [0.1, 0.15) is 30.6 Å². The minimum Gasteiger partial charge on any atom is -0.459 e. The second kappa shape index (κ2) is 25.9. The van der Waals surface area contributed by atoms with Gasteiger partial charge in [0.2, 0.25) is 0 Å². The van der Waals surface area contributed by atoms with Crippen molar-refractivity contribution in [3.05, 3.63) is 65.7 Å². The fraction of sp³-hybridized carbons (Fsp3) is 0.750. The summed E-state index contributed by atoms with van der Waals surface area (Å²) in [5.41, 5.74) is -0.156. The molecule has 3 saturated heterocycles. The highest BCUT2D eigenvalue weighted by atomic mass is 19.1. The molecule has 18 atom stereocenters. The first kappa shape index (κ1) is 60.7. The van der Waals surface area contributed by atoms with E-state index in [0.29, 0.717) is 38.8 Å². The second-order valence-electron chi connectivity index (χ2n) is 23.0. The number of ether oxygens (including phenoxy) is 6. The number of hydrogen-bond donors (Lipinski definition) is 5. The number of aliphatic hydroxyl groups excluding tert-OH is 3. The number of alkyl halides is 1. The van der Waals surface area contributed by atoms with Crippen LogP contribution in [-0.4, -0.2) is 186 Å². The second-order valence-corrected chi connectivity index (χ2v) is 23.0. The molecular formula is C56H89FN6O12. The van der Waals surface area contributed by atoms with Crippen LogP contribution >= 0.6 is 0 Å². The van der Waals surface area contributed by atoms with Gasteiger partial charge >= 0.3 is 5.97 Å². The normalized spacial score (nSPS) is 37.4. The zero-order valence-electron chi connectivity index (χ0n) is 46.7. The number of rotatable bonds is 16. The number of methoxy groups -OCH3 is 1. The molecule has 75 heavy (non-hydrogen) atoms. The van der Waals surface area contributed by atoms with Crippen LogP contribution in [0.15, 0.2) is 48.9 Å².